The monoisotopic (exact) mass is 398 g/mol. The van der Waals surface area contributed by atoms with E-state index in [0.29, 0.717) is 18.0 Å². The molecule has 2 heterocycles. The SMILES string of the molecule is Cc1nc(SCC(N)=O)nc(C)c1CCC(=O)N1c2ccccc2CC[C@@H]1C. The zero-order valence-corrected chi connectivity index (χ0v) is 17.4. The van der Waals surface area contributed by atoms with E-state index in [2.05, 4.69) is 23.0 Å². The van der Waals surface area contributed by atoms with Crippen molar-refractivity contribution < 1.29 is 9.59 Å². The lowest BCUT2D eigenvalue weighted by Crippen LogP contribution is -2.42. The van der Waals surface area contributed by atoms with E-state index in [1.165, 1.54) is 17.3 Å². The quantitative estimate of drug-likeness (QED) is 0.597. The summed E-state index contributed by atoms with van der Waals surface area (Å²) in [4.78, 5) is 34.9. The van der Waals surface area contributed by atoms with E-state index in [0.717, 1.165) is 35.5 Å². The van der Waals surface area contributed by atoms with Crippen LogP contribution in [0.5, 0.6) is 0 Å². The van der Waals surface area contributed by atoms with Gasteiger partial charge in [0.05, 0.1) is 5.75 Å². The number of para-hydroxylation sites is 1. The van der Waals surface area contributed by atoms with E-state index in [1.54, 1.807) is 0 Å². The number of thioether (sulfide) groups is 1. The number of benzene rings is 1. The molecule has 2 N–H and O–H groups in total. The van der Waals surface area contributed by atoms with Crippen molar-refractivity contribution in [1.29, 1.82) is 0 Å². The fourth-order valence-corrected chi connectivity index (χ4v) is 4.37. The van der Waals surface area contributed by atoms with Gasteiger partial charge in [-0.05, 0) is 57.2 Å². The third-order valence-electron chi connectivity index (χ3n) is 5.12. The molecule has 7 heteroatoms. The summed E-state index contributed by atoms with van der Waals surface area (Å²) in [6, 6.07) is 8.36. The van der Waals surface area contributed by atoms with Gasteiger partial charge in [-0.15, -0.1) is 0 Å². The number of aryl methyl sites for hydroxylation is 3. The third-order valence-corrected chi connectivity index (χ3v) is 5.99. The predicted molar refractivity (Wildman–Crippen MR) is 111 cm³/mol. The van der Waals surface area contributed by atoms with Gasteiger partial charge in [-0.3, -0.25) is 9.59 Å². The molecule has 3 rings (SSSR count). The standard InChI is InChI=1S/C21H26N4O2S/c1-13-8-9-16-6-4-5-7-18(16)25(13)20(27)11-10-17-14(2)23-21(24-15(17)3)28-12-19(22)26/h4-7,13H,8-12H2,1-3H3,(H2,22,26)/t13-/m0/s1. The summed E-state index contributed by atoms with van der Waals surface area (Å²) < 4.78 is 0. The number of nitrogens with two attached hydrogens (primary N) is 1. The number of aromatic nitrogens is 2. The average Bonchev–Trinajstić information content (AvgIpc) is 2.65. The number of anilines is 1. The average molecular weight is 399 g/mol. The van der Waals surface area contributed by atoms with Gasteiger partial charge >= 0.3 is 0 Å². The van der Waals surface area contributed by atoms with Gasteiger partial charge in [0, 0.05) is 29.5 Å². The second kappa shape index (κ2) is 8.73. The van der Waals surface area contributed by atoms with Crippen LogP contribution in [0, 0.1) is 13.8 Å². The molecule has 0 aliphatic carbocycles. The van der Waals surface area contributed by atoms with Crippen LogP contribution in [0.3, 0.4) is 0 Å². The summed E-state index contributed by atoms with van der Waals surface area (Å²) in [6.45, 7) is 5.95. The smallest absolute Gasteiger partial charge is 0.227 e. The number of amides is 2. The van der Waals surface area contributed by atoms with Crippen molar-refractivity contribution in [2.45, 2.75) is 57.7 Å². The van der Waals surface area contributed by atoms with E-state index in [9.17, 15) is 9.59 Å². The highest BCUT2D eigenvalue weighted by Crippen LogP contribution is 2.31. The highest BCUT2D eigenvalue weighted by molar-refractivity contribution is 7.99. The molecule has 0 unspecified atom stereocenters. The van der Waals surface area contributed by atoms with Crippen LogP contribution < -0.4 is 10.6 Å². The maximum atomic E-state index is 13.0. The number of fused-ring (bicyclic) bond motifs is 1. The highest BCUT2D eigenvalue weighted by atomic mass is 32.2. The fraction of sp³-hybridized carbons (Fsp3) is 0.429. The fourth-order valence-electron chi connectivity index (χ4n) is 3.69. The molecule has 0 bridgehead atoms. The molecule has 148 valence electrons. The van der Waals surface area contributed by atoms with Gasteiger partial charge in [-0.2, -0.15) is 0 Å². The van der Waals surface area contributed by atoms with E-state index < -0.39 is 5.91 Å². The van der Waals surface area contributed by atoms with Gasteiger partial charge in [-0.25, -0.2) is 9.97 Å². The number of nitrogens with zero attached hydrogens (tertiary/aromatic N) is 3. The van der Waals surface area contributed by atoms with Crippen LogP contribution in [0.2, 0.25) is 0 Å². The molecular formula is C21H26N4O2S. The molecule has 2 aromatic rings. The Labute approximate surface area is 169 Å². The summed E-state index contributed by atoms with van der Waals surface area (Å²) in [7, 11) is 0. The second-order valence-corrected chi connectivity index (χ2v) is 8.13. The molecule has 1 aliphatic rings. The van der Waals surface area contributed by atoms with Gasteiger partial charge < -0.3 is 10.6 Å². The van der Waals surface area contributed by atoms with Gasteiger partial charge in [0.25, 0.3) is 0 Å². The van der Waals surface area contributed by atoms with Crippen molar-refractivity contribution in [2.75, 3.05) is 10.7 Å². The van der Waals surface area contributed by atoms with E-state index in [1.807, 2.05) is 36.9 Å². The first-order valence-corrected chi connectivity index (χ1v) is 10.5. The summed E-state index contributed by atoms with van der Waals surface area (Å²) in [5.74, 6) is -0.108. The Morgan fingerprint density at radius 2 is 1.89 bits per heavy atom. The molecule has 2 amide bonds. The molecule has 1 aromatic carbocycles. The summed E-state index contributed by atoms with van der Waals surface area (Å²) in [5.41, 5.74) is 10.1. The molecular weight excluding hydrogens is 372 g/mol. The van der Waals surface area contributed by atoms with Crippen LogP contribution in [0.25, 0.3) is 0 Å². The Bertz CT molecular complexity index is 877. The zero-order chi connectivity index (χ0) is 20.3. The first-order valence-electron chi connectivity index (χ1n) is 9.52. The summed E-state index contributed by atoms with van der Waals surface area (Å²) >= 11 is 1.23. The van der Waals surface area contributed by atoms with Crippen molar-refractivity contribution in [2.24, 2.45) is 5.73 Å². The minimum Gasteiger partial charge on any atom is -0.369 e. The number of hydrogen-bond donors (Lipinski definition) is 1. The molecule has 1 aliphatic heterocycles. The third kappa shape index (κ3) is 4.52. The van der Waals surface area contributed by atoms with Crippen LogP contribution in [-0.2, 0) is 22.4 Å². The van der Waals surface area contributed by atoms with Crippen LogP contribution in [0.4, 0.5) is 5.69 Å². The van der Waals surface area contributed by atoms with Crippen molar-refractivity contribution in [3.8, 4) is 0 Å². The molecule has 1 aromatic heterocycles. The van der Waals surface area contributed by atoms with E-state index in [4.69, 9.17) is 5.73 Å². The molecule has 6 nitrogen and oxygen atoms in total. The first-order chi connectivity index (χ1) is 13.4. The molecule has 0 radical (unpaired) electrons. The largest absolute Gasteiger partial charge is 0.369 e. The van der Waals surface area contributed by atoms with Crippen LogP contribution in [0.15, 0.2) is 29.4 Å². The maximum Gasteiger partial charge on any atom is 0.227 e. The molecule has 0 saturated carbocycles. The van der Waals surface area contributed by atoms with Crippen molar-refractivity contribution >= 4 is 29.3 Å². The lowest BCUT2D eigenvalue weighted by molar-refractivity contribution is -0.119. The number of hydrogen-bond acceptors (Lipinski definition) is 5. The normalized spacial score (nSPS) is 16.0. The van der Waals surface area contributed by atoms with Crippen LogP contribution in [-0.4, -0.2) is 33.6 Å². The zero-order valence-electron chi connectivity index (χ0n) is 16.6. The Balaban J connectivity index is 1.72. The lowest BCUT2D eigenvalue weighted by Gasteiger charge is -2.35. The minimum absolute atomic E-state index is 0.130. The Morgan fingerprint density at radius 1 is 1.21 bits per heavy atom. The molecule has 0 saturated heterocycles. The number of primary amides is 1. The minimum atomic E-state index is -0.394. The van der Waals surface area contributed by atoms with Gasteiger partial charge in [0.2, 0.25) is 11.8 Å². The predicted octanol–water partition coefficient (Wildman–Crippen LogP) is 2.97. The van der Waals surface area contributed by atoms with Gasteiger partial charge in [0.1, 0.15) is 0 Å². The van der Waals surface area contributed by atoms with Gasteiger partial charge in [0.15, 0.2) is 5.16 Å². The van der Waals surface area contributed by atoms with Crippen LogP contribution in [0.1, 0.15) is 42.3 Å². The summed E-state index contributed by atoms with van der Waals surface area (Å²) in [6.07, 6.45) is 3.01. The van der Waals surface area contributed by atoms with Crippen LogP contribution >= 0.6 is 11.8 Å². The lowest BCUT2D eigenvalue weighted by atomic mass is 9.95. The second-order valence-electron chi connectivity index (χ2n) is 7.19. The number of rotatable bonds is 6. The maximum absolute atomic E-state index is 13.0. The van der Waals surface area contributed by atoms with Crippen molar-refractivity contribution in [3.05, 3.63) is 46.8 Å². The van der Waals surface area contributed by atoms with E-state index in [-0.39, 0.29) is 17.7 Å². The highest BCUT2D eigenvalue weighted by Gasteiger charge is 2.27. The number of carbonyl (C=O) groups is 2. The van der Waals surface area contributed by atoms with Crippen molar-refractivity contribution in [1.82, 2.24) is 9.97 Å². The van der Waals surface area contributed by atoms with E-state index >= 15 is 0 Å². The molecule has 28 heavy (non-hydrogen) atoms. The van der Waals surface area contributed by atoms with Crippen molar-refractivity contribution in [3.63, 3.8) is 0 Å². The Hall–Kier alpha value is -2.41. The Morgan fingerprint density at radius 3 is 2.57 bits per heavy atom. The number of carbonyl (C=O) groups excluding carboxylic acids is 2. The first kappa shape index (κ1) is 20.3. The van der Waals surface area contributed by atoms with Gasteiger partial charge in [-0.1, -0.05) is 30.0 Å². The molecule has 0 spiro atoms. The molecule has 1 atom stereocenters. The Kier molecular flexibility index (Phi) is 6.34. The molecule has 0 fully saturated rings. The summed E-state index contributed by atoms with van der Waals surface area (Å²) in [5, 5.41) is 0.544. The topological polar surface area (TPSA) is 89.2 Å².